The Hall–Kier alpha value is -4.48. The molecule has 1 aliphatic heterocycles. The Morgan fingerprint density at radius 1 is 1.17 bits per heavy atom. The number of carbonyl (C=O) groups excluding carboxylic acids is 4. The maximum atomic E-state index is 14.7. The van der Waals surface area contributed by atoms with Gasteiger partial charge in [0.15, 0.2) is 5.78 Å². The molecule has 1 unspecified atom stereocenters. The molecule has 0 radical (unpaired) electrons. The number of benzene rings is 2. The number of ketones is 1. The first-order chi connectivity index (χ1) is 20.1. The van der Waals surface area contributed by atoms with Crippen molar-refractivity contribution in [2.45, 2.75) is 32.2 Å². The molecular weight excluding hydrogens is 588 g/mol. The van der Waals surface area contributed by atoms with Crippen LogP contribution < -0.4 is 16.0 Å². The van der Waals surface area contributed by atoms with Gasteiger partial charge in [0, 0.05) is 34.9 Å². The van der Waals surface area contributed by atoms with Gasteiger partial charge in [0.1, 0.15) is 22.5 Å². The zero-order valence-corrected chi connectivity index (χ0v) is 24.0. The van der Waals surface area contributed by atoms with E-state index in [1.54, 1.807) is 30.4 Å². The maximum Gasteiger partial charge on any atom is 0.411 e. The molecular formula is C29H26Cl2FN5O5. The smallest absolute Gasteiger partial charge is 0.411 e. The Kier molecular flexibility index (Phi) is 9.76. The number of ether oxygens (including phenoxy) is 1. The minimum Gasteiger partial charge on any atom is -0.453 e. The van der Waals surface area contributed by atoms with Crippen molar-refractivity contribution in [1.82, 2.24) is 15.3 Å². The van der Waals surface area contributed by atoms with Crippen LogP contribution in [-0.2, 0) is 14.3 Å². The first-order valence-electron chi connectivity index (χ1n) is 12.7. The van der Waals surface area contributed by atoms with Crippen LogP contribution in [0, 0.1) is 5.82 Å². The van der Waals surface area contributed by atoms with Crippen molar-refractivity contribution in [2.24, 2.45) is 0 Å². The summed E-state index contributed by atoms with van der Waals surface area (Å²) in [6.45, 7) is 1.29. The van der Waals surface area contributed by atoms with E-state index in [9.17, 15) is 23.6 Å². The topological polar surface area (TPSA) is 142 Å². The Labute approximate surface area is 250 Å². The molecule has 13 heteroatoms. The fourth-order valence-corrected chi connectivity index (χ4v) is 4.65. The van der Waals surface area contributed by atoms with E-state index in [2.05, 4.69) is 30.7 Å². The van der Waals surface area contributed by atoms with E-state index in [1.807, 2.05) is 0 Å². The second-order valence-electron chi connectivity index (χ2n) is 9.23. The van der Waals surface area contributed by atoms with Gasteiger partial charge in [-0.15, -0.1) is 0 Å². The van der Waals surface area contributed by atoms with E-state index in [0.717, 1.165) is 6.08 Å². The van der Waals surface area contributed by atoms with Crippen LogP contribution >= 0.6 is 23.2 Å². The number of rotatable bonds is 5. The summed E-state index contributed by atoms with van der Waals surface area (Å²) in [6, 6.07) is 6.77. The molecule has 3 aromatic rings. The zero-order chi connectivity index (χ0) is 30.4. The van der Waals surface area contributed by atoms with Crippen molar-refractivity contribution in [3.05, 3.63) is 81.5 Å². The van der Waals surface area contributed by atoms with Gasteiger partial charge in [-0.1, -0.05) is 35.4 Å². The number of nitrogens with zero attached hydrogens (tertiary/aromatic N) is 1. The molecule has 1 aromatic heterocycles. The molecule has 4 rings (SSSR count). The SMILES string of the molecule is COC(=O)Nc1ccc2c(c1)NC(=O)CCC=CCC(NC(=O)C=Cc1c(C(C)=O)ccc(Cl)c1F)c1nc-2c(Cl)[nH]1. The summed E-state index contributed by atoms with van der Waals surface area (Å²) in [5.41, 5.74) is 1.48. The Balaban J connectivity index is 1.67. The van der Waals surface area contributed by atoms with E-state index < -0.39 is 23.9 Å². The second kappa shape index (κ2) is 13.5. The Morgan fingerprint density at radius 2 is 1.95 bits per heavy atom. The van der Waals surface area contributed by atoms with Crippen LogP contribution in [0.1, 0.15) is 54.0 Å². The summed E-state index contributed by atoms with van der Waals surface area (Å²) in [5, 5.41) is 8.17. The number of anilines is 2. The van der Waals surface area contributed by atoms with Gasteiger partial charge in [0.25, 0.3) is 0 Å². The Bertz CT molecular complexity index is 1620. The van der Waals surface area contributed by atoms with Crippen LogP contribution in [0.3, 0.4) is 0 Å². The molecule has 0 aliphatic carbocycles. The molecule has 2 heterocycles. The second-order valence-corrected chi connectivity index (χ2v) is 10.0. The average molecular weight is 614 g/mol. The first kappa shape index (κ1) is 30.5. The van der Waals surface area contributed by atoms with Gasteiger partial charge in [0.05, 0.1) is 23.9 Å². The quantitative estimate of drug-likeness (QED) is 0.148. The van der Waals surface area contributed by atoms with Gasteiger partial charge in [-0.25, -0.2) is 14.2 Å². The fraction of sp³-hybridized carbons (Fsp3) is 0.207. The first-order valence-corrected chi connectivity index (χ1v) is 13.5. The summed E-state index contributed by atoms with van der Waals surface area (Å²) in [5.74, 6) is -1.72. The summed E-state index contributed by atoms with van der Waals surface area (Å²) < 4.78 is 19.3. The van der Waals surface area contributed by atoms with Crippen LogP contribution in [0.5, 0.6) is 0 Å². The third-order valence-corrected chi connectivity index (χ3v) is 6.86. The molecule has 0 spiro atoms. The maximum absolute atomic E-state index is 14.7. The summed E-state index contributed by atoms with van der Waals surface area (Å²) in [7, 11) is 1.23. The van der Waals surface area contributed by atoms with Gasteiger partial charge in [-0.05, 0) is 56.2 Å². The number of aromatic amines is 1. The number of allylic oxidation sites excluding steroid dienone is 1. The van der Waals surface area contributed by atoms with Crippen molar-refractivity contribution in [3.8, 4) is 11.3 Å². The molecule has 42 heavy (non-hydrogen) atoms. The number of amides is 3. The number of hydrogen-bond donors (Lipinski definition) is 4. The lowest BCUT2D eigenvalue weighted by Gasteiger charge is -2.14. The van der Waals surface area contributed by atoms with Crippen molar-refractivity contribution in [3.63, 3.8) is 0 Å². The normalized spacial score (nSPS) is 15.1. The highest BCUT2D eigenvalue weighted by atomic mass is 35.5. The number of carbonyl (C=O) groups is 4. The van der Waals surface area contributed by atoms with E-state index in [1.165, 1.54) is 32.2 Å². The molecule has 0 fully saturated rings. The lowest BCUT2D eigenvalue weighted by atomic mass is 10.0. The molecule has 1 aliphatic rings. The molecule has 10 nitrogen and oxygen atoms in total. The highest BCUT2D eigenvalue weighted by molar-refractivity contribution is 6.32. The average Bonchev–Trinajstić information content (AvgIpc) is 3.33. The minimum absolute atomic E-state index is 0.0835. The molecule has 3 amide bonds. The van der Waals surface area contributed by atoms with Crippen LogP contribution in [0.2, 0.25) is 10.2 Å². The predicted octanol–water partition coefficient (Wildman–Crippen LogP) is 6.45. The zero-order valence-electron chi connectivity index (χ0n) is 22.5. The van der Waals surface area contributed by atoms with Gasteiger partial charge in [0.2, 0.25) is 11.8 Å². The number of halogens is 3. The molecule has 2 aromatic carbocycles. The monoisotopic (exact) mass is 613 g/mol. The van der Waals surface area contributed by atoms with Gasteiger partial charge >= 0.3 is 6.09 Å². The van der Waals surface area contributed by atoms with Gasteiger partial charge in [-0.3, -0.25) is 19.7 Å². The lowest BCUT2D eigenvalue weighted by molar-refractivity contribution is -0.117. The van der Waals surface area contributed by atoms with Crippen molar-refractivity contribution < 1.29 is 28.3 Å². The highest BCUT2D eigenvalue weighted by Gasteiger charge is 2.23. The molecule has 1 atom stereocenters. The van der Waals surface area contributed by atoms with Crippen LogP contribution in [0.4, 0.5) is 20.6 Å². The van der Waals surface area contributed by atoms with E-state index >= 15 is 0 Å². The van der Waals surface area contributed by atoms with E-state index in [0.29, 0.717) is 41.3 Å². The van der Waals surface area contributed by atoms with Crippen molar-refractivity contribution in [2.75, 3.05) is 17.7 Å². The number of H-pyrrole nitrogens is 1. The third-order valence-electron chi connectivity index (χ3n) is 6.29. The molecule has 0 saturated carbocycles. The molecule has 0 saturated heterocycles. The number of Topliss-reactive ketones (excluding diaryl/α,β-unsaturated/α-hetero) is 1. The summed E-state index contributed by atoms with van der Waals surface area (Å²) in [6.07, 6.45) is 6.10. The number of methoxy groups -OCH3 is 1. The highest BCUT2D eigenvalue weighted by Crippen LogP contribution is 2.35. The van der Waals surface area contributed by atoms with Crippen LogP contribution in [0.15, 0.2) is 48.6 Å². The number of hydrogen-bond acceptors (Lipinski definition) is 6. The standard InChI is InChI=1S/C29H26Cl2FN5O5/c1-15(38)17-10-12-20(30)25(32)18(17)11-13-24(40)34-21-6-4-3-5-7-23(39)35-22-14-16(33-29(41)42-2)8-9-19(22)26-27(31)37-28(21)36-26/h3-4,8-14,21H,5-7H2,1-2H3,(H,33,41)(H,34,40)(H,35,39)(H,36,37). The van der Waals surface area contributed by atoms with Crippen LogP contribution in [-0.4, -0.2) is 40.8 Å². The molecule has 4 N–H and O–H groups in total. The molecule has 218 valence electrons. The van der Waals surface area contributed by atoms with E-state index in [-0.39, 0.29) is 39.4 Å². The number of imidazole rings is 1. The van der Waals surface area contributed by atoms with Crippen molar-refractivity contribution >= 4 is 64.3 Å². The Morgan fingerprint density at radius 3 is 2.69 bits per heavy atom. The largest absolute Gasteiger partial charge is 0.453 e. The number of nitrogens with one attached hydrogen (secondary N) is 4. The van der Waals surface area contributed by atoms with E-state index in [4.69, 9.17) is 23.2 Å². The summed E-state index contributed by atoms with van der Waals surface area (Å²) in [4.78, 5) is 56.9. The van der Waals surface area contributed by atoms with Crippen molar-refractivity contribution in [1.29, 1.82) is 0 Å². The number of fused-ring (bicyclic) bond motifs is 4. The predicted molar refractivity (Wildman–Crippen MR) is 158 cm³/mol. The third kappa shape index (κ3) is 7.23. The van der Waals surface area contributed by atoms with Gasteiger partial charge in [-0.2, -0.15) is 0 Å². The summed E-state index contributed by atoms with van der Waals surface area (Å²) >= 11 is 12.4. The van der Waals surface area contributed by atoms with Crippen LogP contribution in [0.25, 0.3) is 17.3 Å². The lowest BCUT2D eigenvalue weighted by Crippen LogP contribution is -2.27. The van der Waals surface area contributed by atoms with Gasteiger partial charge < -0.3 is 20.4 Å². The fourth-order valence-electron chi connectivity index (χ4n) is 4.24. The number of aromatic nitrogens is 2. The minimum atomic E-state index is -0.812. The molecule has 2 bridgehead atoms.